The van der Waals surface area contributed by atoms with Gasteiger partial charge in [0.1, 0.15) is 5.75 Å². The van der Waals surface area contributed by atoms with E-state index >= 15 is 0 Å². The molecule has 0 aliphatic carbocycles. The van der Waals surface area contributed by atoms with Gasteiger partial charge in [0.15, 0.2) is 0 Å². The van der Waals surface area contributed by atoms with Crippen molar-refractivity contribution in [3.05, 3.63) is 28.8 Å². The lowest BCUT2D eigenvalue weighted by atomic mass is 10.1. The SMILES string of the molecule is CCCC(C)CNCc1c(Cl)cccc1OC. The Hall–Kier alpha value is -0.730. The fourth-order valence-corrected chi connectivity index (χ4v) is 2.17. The fraction of sp³-hybridized carbons (Fsp3) is 0.571. The van der Waals surface area contributed by atoms with Crippen LogP contribution in [0.25, 0.3) is 0 Å². The minimum Gasteiger partial charge on any atom is -0.496 e. The van der Waals surface area contributed by atoms with Gasteiger partial charge in [0.25, 0.3) is 0 Å². The molecule has 0 aliphatic rings. The first-order valence-corrected chi connectivity index (χ1v) is 6.58. The molecule has 2 nitrogen and oxygen atoms in total. The standard InChI is InChI=1S/C14H22ClNO/c1-4-6-11(2)9-16-10-12-13(15)7-5-8-14(12)17-3/h5,7-8,11,16H,4,6,9-10H2,1-3H3. The molecule has 0 saturated carbocycles. The molecule has 0 amide bonds. The smallest absolute Gasteiger partial charge is 0.124 e. The number of halogens is 1. The van der Waals surface area contributed by atoms with Gasteiger partial charge in [-0.2, -0.15) is 0 Å². The van der Waals surface area contributed by atoms with Crippen LogP contribution in [0, 0.1) is 5.92 Å². The highest BCUT2D eigenvalue weighted by atomic mass is 35.5. The summed E-state index contributed by atoms with van der Waals surface area (Å²) in [5, 5.41) is 4.20. The van der Waals surface area contributed by atoms with E-state index in [4.69, 9.17) is 16.3 Å². The minimum absolute atomic E-state index is 0.702. The van der Waals surface area contributed by atoms with Crippen molar-refractivity contribution < 1.29 is 4.74 Å². The van der Waals surface area contributed by atoms with Crippen LogP contribution in [0.3, 0.4) is 0 Å². The molecule has 0 aliphatic heterocycles. The highest BCUT2D eigenvalue weighted by Crippen LogP contribution is 2.25. The summed E-state index contributed by atoms with van der Waals surface area (Å²) < 4.78 is 5.31. The topological polar surface area (TPSA) is 21.3 Å². The number of hydrogen-bond acceptors (Lipinski definition) is 2. The molecule has 0 saturated heterocycles. The van der Waals surface area contributed by atoms with Crippen molar-refractivity contribution in [2.75, 3.05) is 13.7 Å². The van der Waals surface area contributed by atoms with Crippen LogP contribution in [0.15, 0.2) is 18.2 Å². The highest BCUT2D eigenvalue weighted by Gasteiger charge is 2.07. The highest BCUT2D eigenvalue weighted by molar-refractivity contribution is 6.31. The maximum atomic E-state index is 6.16. The summed E-state index contributed by atoms with van der Waals surface area (Å²) in [5.41, 5.74) is 1.04. The third kappa shape index (κ3) is 4.57. The third-order valence-corrected chi connectivity index (χ3v) is 3.23. The zero-order chi connectivity index (χ0) is 12.7. The van der Waals surface area contributed by atoms with Crippen LogP contribution in [0.2, 0.25) is 5.02 Å². The van der Waals surface area contributed by atoms with Crippen molar-refractivity contribution in [3.63, 3.8) is 0 Å². The van der Waals surface area contributed by atoms with E-state index in [1.54, 1.807) is 7.11 Å². The average Bonchev–Trinajstić information content (AvgIpc) is 2.31. The third-order valence-electron chi connectivity index (χ3n) is 2.87. The molecule has 0 bridgehead atoms. The molecule has 0 fully saturated rings. The number of nitrogens with one attached hydrogen (secondary N) is 1. The Kier molecular flexibility index (Phi) is 6.38. The van der Waals surface area contributed by atoms with E-state index in [-0.39, 0.29) is 0 Å². The monoisotopic (exact) mass is 255 g/mol. The number of rotatable bonds is 7. The lowest BCUT2D eigenvalue weighted by Crippen LogP contribution is -2.21. The Morgan fingerprint density at radius 3 is 2.82 bits per heavy atom. The first-order chi connectivity index (χ1) is 8.19. The molecule has 0 radical (unpaired) electrons. The van der Waals surface area contributed by atoms with Crippen molar-refractivity contribution in [1.82, 2.24) is 5.32 Å². The van der Waals surface area contributed by atoms with Gasteiger partial charge in [0.2, 0.25) is 0 Å². The lowest BCUT2D eigenvalue weighted by Gasteiger charge is -2.14. The molecular weight excluding hydrogens is 234 g/mol. The summed E-state index contributed by atoms with van der Waals surface area (Å²) in [7, 11) is 1.68. The van der Waals surface area contributed by atoms with E-state index < -0.39 is 0 Å². The molecule has 1 atom stereocenters. The average molecular weight is 256 g/mol. The van der Waals surface area contributed by atoms with Gasteiger partial charge in [-0.25, -0.2) is 0 Å². The quantitative estimate of drug-likeness (QED) is 0.799. The molecule has 0 spiro atoms. The molecule has 1 N–H and O–H groups in total. The van der Waals surface area contributed by atoms with Crippen LogP contribution in [-0.2, 0) is 6.54 Å². The molecular formula is C14H22ClNO. The van der Waals surface area contributed by atoms with E-state index in [1.165, 1.54) is 12.8 Å². The molecule has 1 unspecified atom stereocenters. The molecule has 17 heavy (non-hydrogen) atoms. The second-order valence-corrected chi connectivity index (χ2v) is 4.85. The lowest BCUT2D eigenvalue weighted by molar-refractivity contribution is 0.405. The maximum absolute atomic E-state index is 6.16. The summed E-state index contributed by atoms with van der Waals surface area (Å²) in [6.07, 6.45) is 2.49. The van der Waals surface area contributed by atoms with Crippen LogP contribution in [0.1, 0.15) is 32.3 Å². The molecule has 3 heteroatoms. The van der Waals surface area contributed by atoms with E-state index in [1.807, 2.05) is 18.2 Å². The Bertz CT molecular complexity index is 341. The Labute approximate surface area is 109 Å². The Morgan fingerprint density at radius 2 is 2.18 bits per heavy atom. The number of benzene rings is 1. The predicted octanol–water partition coefficient (Wildman–Crippen LogP) is 3.87. The molecule has 1 aromatic rings. The second kappa shape index (κ2) is 7.57. The van der Waals surface area contributed by atoms with Crippen LogP contribution < -0.4 is 10.1 Å². The molecule has 0 aromatic heterocycles. The van der Waals surface area contributed by atoms with Gasteiger partial charge in [-0.3, -0.25) is 0 Å². The van der Waals surface area contributed by atoms with Crippen molar-refractivity contribution in [3.8, 4) is 5.75 Å². The largest absolute Gasteiger partial charge is 0.496 e. The van der Waals surface area contributed by atoms with Crippen LogP contribution >= 0.6 is 11.6 Å². The summed E-state index contributed by atoms with van der Waals surface area (Å²) in [4.78, 5) is 0. The predicted molar refractivity (Wildman–Crippen MR) is 73.8 cm³/mol. The first kappa shape index (κ1) is 14.3. The van der Waals surface area contributed by atoms with E-state index in [9.17, 15) is 0 Å². The Balaban J connectivity index is 2.51. The van der Waals surface area contributed by atoms with Gasteiger partial charge in [-0.05, 0) is 31.0 Å². The van der Waals surface area contributed by atoms with Crippen LogP contribution in [-0.4, -0.2) is 13.7 Å². The van der Waals surface area contributed by atoms with E-state index in [0.717, 1.165) is 29.4 Å². The van der Waals surface area contributed by atoms with Crippen LogP contribution in [0.5, 0.6) is 5.75 Å². The van der Waals surface area contributed by atoms with Crippen LogP contribution in [0.4, 0.5) is 0 Å². The van der Waals surface area contributed by atoms with Gasteiger partial charge in [0.05, 0.1) is 7.11 Å². The summed E-state index contributed by atoms with van der Waals surface area (Å²) in [6, 6.07) is 5.75. The second-order valence-electron chi connectivity index (χ2n) is 4.45. The van der Waals surface area contributed by atoms with Gasteiger partial charge < -0.3 is 10.1 Å². The minimum atomic E-state index is 0.702. The van der Waals surface area contributed by atoms with Gasteiger partial charge in [-0.1, -0.05) is 37.9 Å². The molecule has 96 valence electrons. The van der Waals surface area contributed by atoms with Crippen molar-refractivity contribution in [2.45, 2.75) is 33.2 Å². The summed E-state index contributed by atoms with van der Waals surface area (Å²) in [5.74, 6) is 1.56. The number of methoxy groups -OCH3 is 1. The van der Waals surface area contributed by atoms with Crippen molar-refractivity contribution in [1.29, 1.82) is 0 Å². The molecule has 0 heterocycles. The van der Waals surface area contributed by atoms with Gasteiger partial charge in [-0.15, -0.1) is 0 Å². The Morgan fingerprint density at radius 1 is 1.41 bits per heavy atom. The summed E-state index contributed by atoms with van der Waals surface area (Å²) >= 11 is 6.16. The number of ether oxygens (including phenoxy) is 1. The fourth-order valence-electron chi connectivity index (χ4n) is 1.94. The van der Waals surface area contributed by atoms with Gasteiger partial charge in [0, 0.05) is 17.1 Å². The normalized spacial score (nSPS) is 12.5. The summed E-state index contributed by atoms with van der Waals surface area (Å²) in [6.45, 7) is 6.26. The van der Waals surface area contributed by atoms with Gasteiger partial charge >= 0.3 is 0 Å². The molecule has 1 aromatic carbocycles. The zero-order valence-electron chi connectivity index (χ0n) is 10.9. The van der Waals surface area contributed by atoms with Crippen molar-refractivity contribution >= 4 is 11.6 Å². The molecule has 1 rings (SSSR count). The maximum Gasteiger partial charge on any atom is 0.124 e. The number of hydrogen-bond donors (Lipinski definition) is 1. The zero-order valence-corrected chi connectivity index (χ0v) is 11.7. The first-order valence-electron chi connectivity index (χ1n) is 6.21. The van der Waals surface area contributed by atoms with E-state index in [0.29, 0.717) is 5.92 Å². The van der Waals surface area contributed by atoms with Crippen molar-refractivity contribution in [2.24, 2.45) is 5.92 Å². The van der Waals surface area contributed by atoms with E-state index in [2.05, 4.69) is 19.2 Å².